The van der Waals surface area contributed by atoms with E-state index < -0.39 is 5.54 Å². The third kappa shape index (κ3) is 2.16. The van der Waals surface area contributed by atoms with Gasteiger partial charge in [0.25, 0.3) is 0 Å². The van der Waals surface area contributed by atoms with Crippen molar-refractivity contribution in [1.29, 1.82) is 0 Å². The lowest BCUT2D eigenvalue weighted by Gasteiger charge is -2.37. The van der Waals surface area contributed by atoms with Crippen LogP contribution in [0.15, 0.2) is 23.8 Å². The van der Waals surface area contributed by atoms with Crippen LogP contribution in [0.3, 0.4) is 0 Å². The Morgan fingerprint density at radius 2 is 2.12 bits per heavy atom. The first-order chi connectivity index (χ1) is 7.23. The van der Waals surface area contributed by atoms with Crippen molar-refractivity contribution in [3.05, 3.63) is 33.9 Å². The Labute approximate surface area is 96.1 Å². The van der Waals surface area contributed by atoms with Crippen LogP contribution >= 0.6 is 0 Å². The number of methoxy groups -OCH3 is 1. The van der Waals surface area contributed by atoms with Crippen molar-refractivity contribution in [2.75, 3.05) is 13.7 Å². The van der Waals surface area contributed by atoms with E-state index in [1.54, 1.807) is 14.0 Å². The first-order valence-corrected chi connectivity index (χ1v) is 5.28. The average Bonchev–Trinajstić information content (AvgIpc) is 2.12. The fraction of sp³-hybridized carbons (Fsp3) is 0.667. The Bertz CT molecular complexity index is 357. The lowest BCUT2D eigenvalue weighted by molar-refractivity contribution is -0.557. The van der Waals surface area contributed by atoms with Gasteiger partial charge in [-0.3, -0.25) is 10.1 Å². The molecule has 0 radical (unpaired) electrons. The Morgan fingerprint density at radius 1 is 1.56 bits per heavy atom. The maximum absolute atomic E-state index is 11.2. The lowest BCUT2D eigenvalue weighted by Crippen LogP contribution is -2.44. The summed E-state index contributed by atoms with van der Waals surface area (Å²) in [7, 11) is 1.58. The predicted octanol–water partition coefficient (Wildman–Crippen LogP) is 2.58. The molecule has 4 heteroatoms. The minimum Gasteiger partial charge on any atom is -0.380 e. The zero-order chi connectivity index (χ0) is 12.6. The van der Waals surface area contributed by atoms with Gasteiger partial charge in [0.2, 0.25) is 5.54 Å². The Kier molecular flexibility index (Phi) is 3.24. The highest BCUT2D eigenvalue weighted by Crippen LogP contribution is 2.43. The van der Waals surface area contributed by atoms with Gasteiger partial charge in [-0.25, -0.2) is 0 Å². The molecular formula is C12H19NO3. The summed E-state index contributed by atoms with van der Waals surface area (Å²) < 4.78 is 5.07. The highest BCUT2D eigenvalue weighted by Gasteiger charge is 2.48. The molecule has 0 spiro atoms. The maximum atomic E-state index is 11.2. The fourth-order valence-electron chi connectivity index (χ4n) is 2.41. The van der Waals surface area contributed by atoms with Gasteiger partial charge in [-0.1, -0.05) is 26.5 Å². The summed E-state index contributed by atoms with van der Waals surface area (Å²) in [5, 5.41) is 11.2. The van der Waals surface area contributed by atoms with Crippen LogP contribution in [0.2, 0.25) is 0 Å². The SMILES string of the molecule is C=C1C(COC)=CC(C)(C)C[C@]1(C)[N+](=O)[O-]. The van der Waals surface area contributed by atoms with Crippen LogP contribution in [0.1, 0.15) is 27.2 Å². The second-order valence-electron chi connectivity index (χ2n) is 5.28. The quantitative estimate of drug-likeness (QED) is 0.548. The number of nitro groups is 1. The summed E-state index contributed by atoms with van der Waals surface area (Å²) in [4.78, 5) is 11.0. The molecule has 0 fully saturated rings. The maximum Gasteiger partial charge on any atom is 0.244 e. The van der Waals surface area contributed by atoms with E-state index >= 15 is 0 Å². The molecule has 0 saturated carbocycles. The van der Waals surface area contributed by atoms with E-state index in [4.69, 9.17) is 4.74 Å². The standard InChI is InChI=1S/C12H19NO3/c1-9-10(7-16-5)6-11(2,3)8-12(9,4)13(14)15/h6H,1,7-8H2,2-5H3/t12-/m0/s1. The van der Waals surface area contributed by atoms with E-state index in [1.807, 2.05) is 19.9 Å². The molecule has 1 aliphatic carbocycles. The molecule has 0 aromatic heterocycles. The molecule has 0 heterocycles. The lowest BCUT2D eigenvalue weighted by atomic mass is 9.68. The van der Waals surface area contributed by atoms with Crippen molar-refractivity contribution in [3.63, 3.8) is 0 Å². The monoisotopic (exact) mass is 225 g/mol. The minimum absolute atomic E-state index is 0.198. The van der Waals surface area contributed by atoms with Crippen LogP contribution in [0.5, 0.6) is 0 Å². The molecule has 0 bridgehead atoms. The van der Waals surface area contributed by atoms with Gasteiger partial charge in [-0.2, -0.15) is 0 Å². The molecule has 4 nitrogen and oxygen atoms in total. The molecule has 0 aliphatic heterocycles. The van der Waals surface area contributed by atoms with Gasteiger partial charge in [-0.05, 0) is 11.0 Å². The third-order valence-corrected chi connectivity index (χ3v) is 3.11. The number of nitrogens with zero attached hydrogens (tertiary/aromatic N) is 1. The van der Waals surface area contributed by atoms with Crippen LogP contribution in [0.25, 0.3) is 0 Å². The van der Waals surface area contributed by atoms with Gasteiger partial charge >= 0.3 is 0 Å². The van der Waals surface area contributed by atoms with Crippen LogP contribution in [-0.4, -0.2) is 24.2 Å². The normalized spacial score (nSPS) is 28.8. The fourth-order valence-corrected chi connectivity index (χ4v) is 2.41. The van der Waals surface area contributed by atoms with Crippen molar-refractivity contribution < 1.29 is 9.66 Å². The van der Waals surface area contributed by atoms with Crippen molar-refractivity contribution in [3.8, 4) is 0 Å². The van der Waals surface area contributed by atoms with Crippen molar-refractivity contribution in [2.45, 2.75) is 32.7 Å². The molecule has 0 N–H and O–H groups in total. The summed E-state index contributed by atoms with van der Waals surface area (Å²) in [5.41, 5.74) is 0.139. The Balaban J connectivity index is 3.18. The van der Waals surface area contributed by atoms with Gasteiger partial charge in [0.05, 0.1) is 6.61 Å². The van der Waals surface area contributed by atoms with E-state index in [9.17, 15) is 10.1 Å². The molecule has 0 unspecified atom stereocenters. The molecular weight excluding hydrogens is 206 g/mol. The molecule has 0 amide bonds. The van der Waals surface area contributed by atoms with Gasteiger partial charge in [-0.15, -0.1) is 0 Å². The van der Waals surface area contributed by atoms with Crippen molar-refractivity contribution in [2.24, 2.45) is 5.41 Å². The van der Waals surface area contributed by atoms with Gasteiger partial charge in [0.15, 0.2) is 0 Å². The van der Waals surface area contributed by atoms with E-state index in [1.165, 1.54) is 0 Å². The highest BCUT2D eigenvalue weighted by molar-refractivity contribution is 5.40. The Morgan fingerprint density at radius 3 is 2.56 bits per heavy atom. The number of hydrogen-bond acceptors (Lipinski definition) is 3. The largest absolute Gasteiger partial charge is 0.380 e. The smallest absolute Gasteiger partial charge is 0.244 e. The zero-order valence-electron chi connectivity index (χ0n) is 10.4. The number of ether oxygens (including phenoxy) is 1. The van der Waals surface area contributed by atoms with Crippen LogP contribution in [0.4, 0.5) is 0 Å². The summed E-state index contributed by atoms with van der Waals surface area (Å²) >= 11 is 0. The second-order valence-corrected chi connectivity index (χ2v) is 5.28. The van der Waals surface area contributed by atoms with E-state index in [2.05, 4.69) is 6.58 Å². The predicted molar refractivity (Wildman–Crippen MR) is 62.9 cm³/mol. The van der Waals surface area contributed by atoms with Gasteiger partial charge < -0.3 is 4.74 Å². The summed E-state index contributed by atoms with van der Waals surface area (Å²) in [6.45, 7) is 9.88. The topological polar surface area (TPSA) is 52.4 Å². The van der Waals surface area contributed by atoms with E-state index in [0.717, 1.165) is 5.57 Å². The molecule has 1 atom stereocenters. The zero-order valence-corrected chi connectivity index (χ0v) is 10.4. The Hall–Kier alpha value is -1.16. The first-order valence-electron chi connectivity index (χ1n) is 5.28. The van der Waals surface area contributed by atoms with E-state index in [0.29, 0.717) is 18.6 Å². The molecule has 0 aromatic rings. The summed E-state index contributed by atoms with van der Waals surface area (Å²) in [5.74, 6) is 0. The number of allylic oxidation sites excluding steroid dienone is 1. The molecule has 90 valence electrons. The summed E-state index contributed by atoms with van der Waals surface area (Å²) in [6, 6.07) is 0. The average molecular weight is 225 g/mol. The first kappa shape index (κ1) is 12.9. The third-order valence-electron chi connectivity index (χ3n) is 3.11. The van der Waals surface area contributed by atoms with Crippen LogP contribution < -0.4 is 0 Å². The van der Waals surface area contributed by atoms with Gasteiger partial charge in [0.1, 0.15) is 0 Å². The van der Waals surface area contributed by atoms with Gasteiger partial charge in [0, 0.05) is 31.0 Å². The molecule has 1 aliphatic rings. The summed E-state index contributed by atoms with van der Waals surface area (Å²) in [6.07, 6.45) is 2.50. The number of hydrogen-bond donors (Lipinski definition) is 0. The second kappa shape index (κ2) is 4.01. The number of rotatable bonds is 3. The van der Waals surface area contributed by atoms with Crippen molar-refractivity contribution in [1.82, 2.24) is 0 Å². The van der Waals surface area contributed by atoms with Crippen molar-refractivity contribution >= 4 is 0 Å². The highest BCUT2D eigenvalue weighted by atomic mass is 16.6. The van der Waals surface area contributed by atoms with E-state index in [-0.39, 0.29) is 10.3 Å². The van der Waals surface area contributed by atoms with Crippen LogP contribution in [-0.2, 0) is 4.74 Å². The molecule has 0 aromatic carbocycles. The molecule has 0 saturated heterocycles. The minimum atomic E-state index is -1.08. The van der Waals surface area contributed by atoms with Crippen LogP contribution in [0, 0.1) is 15.5 Å². The molecule has 1 rings (SSSR count). The molecule has 16 heavy (non-hydrogen) atoms.